The van der Waals surface area contributed by atoms with Crippen LogP contribution in [0.25, 0.3) is 21.7 Å². The molecule has 0 bridgehead atoms. The van der Waals surface area contributed by atoms with Crippen LogP contribution in [0.3, 0.4) is 0 Å². The van der Waals surface area contributed by atoms with Crippen molar-refractivity contribution in [1.82, 2.24) is 4.98 Å². The molecule has 0 aliphatic rings. The van der Waals surface area contributed by atoms with Crippen LogP contribution in [0.2, 0.25) is 5.02 Å². The second-order valence-corrected chi connectivity index (χ2v) is 4.39. The summed E-state index contributed by atoms with van der Waals surface area (Å²) in [6.07, 6.45) is 0. The first kappa shape index (κ1) is 10.2. The molecule has 84 valence electrons. The first-order valence-electron chi connectivity index (χ1n) is 5.16. The summed E-state index contributed by atoms with van der Waals surface area (Å²) in [7, 11) is 0. The molecule has 2 aromatic carbocycles. The molecule has 4 heteroatoms. The van der Waals surface area contributed by atoms with Gasteiger partial charge in [0.2, 0.25) is 0 Å². The highest BCUT2D eigenvalue weighted by molar-refractivity contribution is 6.31. The molecule has 0 fully saturated rings. The Labute approximate surface area is 102 Å². The lowest BCUT2D eigenvalue weighted by atomic mass is 10.1. The Morgan fingerprint density at radius 1 is 1.00 bits per heavy atom. The quantitative estimate of drug-likeness (QED) is 0.472. The number of hydrogen-bond donors (Lipinski definition) is 2. The molecular formula is C13H9ClN2O. The van der Waals surface area contributed by atoms with Crippen molar-refractivity contribution in [2.24, 2.45) is 0 Å². The summed E-state index contributed by atoms with van der Waals surface area (Å²) < 4.78 is 0. The maximum absolute atomic E-state index is 11.9. The normalized spacial score (nSPS) is 11.1. The van der Waals surface area contributed by atoms with E-state index < -0.39 is 0 Å². The molecule has 0 saturated heterocycles. The maximum atomic E-state index is 11.9. The zero-order valence-corrected chi connectivity index (χ0v) is 9.58. The number of fused-ring (bicyclic) bond motifs is 3. The van der Waals surface area contributed by atoms with Crippen LogP contribution >= 0.6 is 11.6 Å². The maximum Gasteiger partial charge on any atom is 0.256 e. The summed E-state index contributed by atoms with van der Waals surface area (Å²) in [5, 5.41) is 2.99. The van der Waals surface area contributed by atoms with Crippen LogP contribution in [0.1, 0.15) is 0 Å². The fourth-order valence-electron chi connectivity index (χ4n) is 2.03. The minimum atomic E-state index is -0.152. The molecular weight excluding hydrogens is 236 g/mol. The Morgan fingerprint density at radius 3 is 2.59 bits per heavy atom. The lowest BCUT2D eigenvalue weighted by Crippen LogP contribution is -2.06. The van der Waals surface area contributed by atoms with Crippen LogP contribution < -0.4 is 11.3 Å². The number of pyridine rings is 1. The van der Waals surface area contributed by atoms with E-state index in [1.54, 1.807) is 18.2 Å². The summed E-state index contributed by atoms with van der Waals surface area (Å²) in [6, 6.07) is 10.8. The second-order valence-electron chi connectivity index (χ2n) is 3.95. The third-order valence-corrected chi connectivity index (χ3v) is 3.04. The number of aromatic amines is 1. The average Bonchev–Trinajstić information content (AvgIpc) is 2.29. The summed E-state index contributed by atoms with van der Waals surface area (Å²) in [5.41, 5.74) is 6.91. The standard InChI is InChI=1S/C13H9ClN2O/c14-7-1-3-9-10-4-2-8(15)6-12(10)16-13(17)11(9)5-7/h1-6H,15H2,(H,16,17). The fourth-order valence-corrected chi connectivity index (χ4v) is 2.20. The molecule has 0 aliphatic carbocycles. The monoisotopic (exact) mass is 244 g/mol. The van der Waals surface area contributed by atoms with E-state index in [2.05, 4.69) is 4.98 Å². The van der Waals surface area contributed by atoms with Gasteiger partial charge in [0, 0.05) is 21.5 Å². The molecule has 3 rings (SSSR count). The summed E-state index contributed by atoms with van der Waals surface area (Å²) >= 11 is 5.89. The predicted octanol–water partition coefficient (Wildman–Crippen LogP) is 2.92. The van der Waals surface area contributed by atoms with Gasteiger partial charge in [-0.3, -0.25) is 4.79 Å². The van der Waals surface area contributed by atoms with Gasteiger partial charge in [-0.05, 0) is 29.7 Å². The summed E-state index contributed by atoms with van der Waals surface area (Å²) in [5.74, 6) is 0. The Kier molecular flexibility index (Phi) is 2.09. The van der Waals surface area contributed by atoms with Crippen molar-refractivity contribution in [2.45, 2.75) is 0 Å². The number of nitrogens with one attached hydrogen (secondary N) is 1. The molecule has 0 spiro atoms. The topological polar surface area (TPSA) is 58.9 Å². The van der Waals surface area contributed by atoms with E-state index in [-0.39, 0.29) is 5.56 Å². The van der Waals surface area contributed by atoms with E-state index in [9.17, 15) is 4.79 Å². The molecule has 0 radical (unpaired) electrons. The highest BCUT2D eigenvalue weighted by atomic mass is 35.5. The van der Waals surface area contributed by atoms with Crippen molar-refractivity contribution in [3.8, 4) is 0 Å². The highest BCUT2D eigenvalue weighted by Gasteiger charge is 2.05. The van der Waals surface area contributed by atoms with E-state index >= 15 is 0 Å². The van der Waals surface area contributed by atoms with Crippen molar-refractivity contribution in [1.29, 1.82) is 0 Å². The van der Waals surface area contributed by atoms with Crippen molar-refractivity contribution >= 4 is 39.0 Å². The first-order valence-corrected chi connectivity index (χ1v) is 5.54. The fraction of sp³-hybridized carbons (Fsp3) is 0. The Balaban J connectivity index is 2.60. The van der Waals surface area contributed by atoms with Crippen molar-refractivity contribution < 1.29 is 0 Å². The molecule has 1 aromatic heterocycles. The van der Waals surface area contributed by atoms with Gasteiger partial charge in [-0.1, -0.05) is 23.7 Å². The van der Waals surface area contributed by atoms with Gasteiger partial charge in [0.15, 0.2) is 0 Å². The van der Waals surface area contributed by atoms with Gasteiger partial charge in [-0.25, -0.2) is 0 Å². The zero-order valence-electron chi connectivity index (χ0n) is 8.83. The summed E-state index contributed by atoms with van der Waals surface area (Å²) in [4.78, 5) is 14.7. The summed E-state index contributed by atoms with van der Waals surface area (Å²) in [6.45, 7) is 0. The molecule has 3 aromatic rings. The average molecular weight is 245 g/mol. The van der Waals surface area contributed by atoms with Crippen LogP contribution in [-0.4, -0.2) is 4.98 Å². The number of hydrogen-bond acceptors (Lipinski definition) is 2. The van der Waals surface area contributed by atoms with Crippen LogP contribution in [0.15, 0.2) is 41.2 Å². The van der Waals surface area contributed by atoms with Gasteiger partial charge in [-0.2, -0.15) is 0 Å². The molecule has 0 atom stereocenters. The highest BCUT2D eigenvalue weighted by Crippen LogP contribution is 2.24. The third-order valence-electron chi connectivity index (χ3n) is 2.81. The molecule has 3 nitrogen and oxygen atoms in total. The van der Waals surface area contributed by atoms with E-state index in [1.807, 2.05) is 18.2 Å². The molecule has 17 heavy (non-hydrogen) atoms. The smallest absolute Gasteiger partial charge is 0.256 e. The SMILES string of the molecule is Nc1ccc2c(c1)[nH]c(=O)c1cc(Cl)ccc12. The first-order chi connectivity index (χ1) is 8.15. The molecule has 0 unspecified atom stereocenters. The number of anilines is 1. The molecule has 3 N–H and O–H groups in total. The second kappa shape index (κ2) is 3.50. The zero-order chi connectivity index (χ0) is 12.0. The van der Waals surface area contributed by atoms with Crippen molar-refractivity contribution in [2.75, 3.05) is 5.73 Å². The van der Waals surface area contributed by atoms with Gasteiger partial charge in [0.1, 0.15) is 0 Å². The van der Waals surface area contributed by atoms with E-state index in [0.717, 1.165) is 16.3 Å². The molecule has 1 heterocycles. The number of halogens is 1. The molecule has 0 amide bonds. The number of aromatic nitrogens is 1. The van der Waals surface area contributed by atoms with Gasteiger partial charge < -0.3 is 10.7 Å². The van der Waals surface area contributed by atoms with Gasteiger partial charge in [0.05, 0.1) is 5.52 Å². The molecule has 0 saturated carbocycles. The number of H-pyrrole nitrogens is 1. The number of nitrogen functional groups attached to an aromatic ring is 1. The van der Waals surface area contributed by atoms with Crippen LogP contribution in [0, 0.1) is 0 Å². The Morgan fingerprint density at radius 2 is 1.76 bits per heavy atom. The minimum Gasteiger partial charge on any atom is -0.399 e. The number of nitrogens with two attached hydrogens (primary N) is 1. The predicted molar refractivity (Wildman–Crippen MR) is 71.5 cm³/mol. The van der Waals surface area contributed by atoms with E-state index in [0.29, 0.717) is 16.1 Å². The minimum absolute atomic E-state index is 0.152. The number of benzene rings is 2. The van der Waals surface area contributed by atoms with Crippen LogP contribution in [0.5, 0.6) is 0 Å². The lowest BCUT2D eigenvalue weighted by molar-refractivity contribution is 1.34. The van der Waals surface area contributed by atoms with Crippen molar-refractivity contribution in [3.63, 3.8) is 0 Å². The number of rotatable bonds is 0. The molecule has 0 aliphatic heterocycles. The largest absolute Gasteiger partial charge is 0.399 e. The van der Waals surface area contributed by atoms with Gasteiger partial charge >= 0.3 is 0 Å². The van der Waals surface area contributed by atoms with Crippen molar-refractivity contribution in [3.05, 3.63) is 51.8 Å². The van der Waals surface area contributed by atoms with Crippen LogP contribution in [-0.2, 0) is 0 Å². The van der Waals surface area contributed by atoms with E-state index in [4.69, 9.17) is 17.3 Å². The van der Waals surface area contributed by atoms with Crippen LogP contribution in [0.4, 0.5) is 5.69 Å². The van der Waals surface area contributed by atoms with Gasteiger partial charge in [-0.15, -0.1) is 0 Å². The Hall–Kier alpha value is -2.00. The van der Waals surface area contributed by atoms with Gasteiger partial charge in [0.25, 0.3) is 5.56 Å². The van der Waals surface area contributed by atoms with E-state index in [1.165, 1.54) is 0 Å². The lowest BCUT2D eigenvalue weighted by Gasteiger charge is -2.04. The third kappa shape index (κ3) is 1.56. The Bertz CT molecular complexity index is 792.